The number of hydrogen-bond donors (Lipinski definition) is 5. The van der Waals surface area contributed by atoms with Gasteiger partial charge in [0, 0.05) is 11.5 Å². The number of phenols is 1. The van der Waals surface area contributed by atoms with Gasteiger partial charge < -0.3 is 26.2 Å². The van der Waals surface area contributed by atoms with Crippen LogP contribution >= 0.6 is 0 Å². The number of aliphatic hydroxyl groups excluding tert-OH is 2. The molecule has 0 radical (unpaired) electrons. The van der Waals surface area contributed by atoms with Crippen molar-refractivity contribution in [3.05, 3.63) is 45.2 Å². The second-order valence-corrected chi connectivity index (χ2v) is 11.5. The Morgan fingerprint density at radius 1 is 1.18 bits per heavy atom. The van der Waals surface area contributed by atoms with Gasteiger partial charge in [-0.05, 0) is 74.7 Å². The summed E-state index contributed by atoms with van der Waals surface area (Å²) >= 11 is 0. The maximum Gasteiger partial charge on any atom is 0.255 e. The Morgan fingerprint density at radius 3 is 2.39 bits per heavy atom. The van der Waals surface area contributed by atoms with Crippen LogP contribution in [0.4, 0.5) is 0 Å². The predicted molar refractivity (Wildman–Crippen MR) is 141 cm³/mol. The highest BCUT2D eigenvalue weighted by atomic mass is 16.3. The molecule has 38 heavy (non-hydrogen) atoms. The molecule has 1 aromatic carbocycles. The number of carbonyl (C=O) groups is 3. The standard InChI is InChI=1S/C29H38N2O7/c1-6-14-10-15(9-7-8-13(2)3)23(32)20-17(14)11-16-12-18-22(31(4)5)25(34)21(28(30)37)27(36)29(18,38)26(35)19(16)24(20)33/h10,13,16,18,22,32-33,36,38H,6-9,11-12H2,1-5H3,(H2,30,37). The molecular formula is C29H38N2O7. The topological polar surface area (TPSA) is 161 Å². The molecular weight excluding hydrogens is 488 g/mol. The largest absolute Gasteiger partial charge is 0.508 e. The van der Waals surface area contributed by atoms with Crippen LogP contribution in [0.5, 0.6) is 5.75 Å². The number of aliphatic hydroxyl groups is 3. The summed E-state index contributed by atoms with van der Waals surface area (Å²) < 4.78 is 0. The normalized spacial score (nSPS) is 27.1. The minimum absolute atomic E-state index is 0.0890. The molecule has 1 saturated carbocycles. The molecule has 0 heterocycles. The summed E-state index contributed by atoms with van der Waals surface area (Å²) in [4.78, 5) is 40.7. The lowest BCUT2D eigenvalue weighted by atomic mass is 9.57. The number of hydrogen-bond acceptors (Lipinski definition) is 8. The molecule has 9 heteroatoms. The summed E-state index contributed by atoms with van der Waals surface area (Å²) in [6.45, 7) is 6.24. The van der Waals surface area contributed by atoms with E-state index in [0.717, 1.165) is 24.0 Å². The van der Waals surface area contributed by atoms with Crippen LogP contribution in [-0.2, 0) is 33.6 Å². The average Bonchev–Trinajstić information content (AvgIpc) is 2.82. The number of benzene rings is 1. The van der Waals surface area contributed by atoms with E-state index in [2.05, 4.69) is 13.8 Å². The number of ketones is 2. The monoisotopic (exact) mass is 526 g/mol. The molecule has 9 nitrogen and oxygen atoms in total. The third-order valence-corrected chi connectivity index (χ3v) is 8.50. The molecule has 0 aromatic heterocycles. The molecule has 4 rings (SSSR count). The molecule has 4 atom stereocenters. The fourth-order valence-corrected chi connectivity index (χ4v) is 6.66. The van der Waals surface area contributed by atoms with Crippen LogP contribution in [-0.4, -0.2) is 68.5 Å². The molecule has 1 aromatic rings. The predicted octanol–water partition coefficient (Wildman–Crippen LogP) is 2.51. The molecule has 1 fully saturated rings. The summed E-state index contributed by atoms with van der Waals surface area (Å²) in [6.07, 6.45) is 3.49. The fourth-order valence-electron chi connectivity index (χ4n) is 6.66. The number of Topliss-reactive ketones (excluding diaryl/α,β-unsaturated/α-hetero) is 2. The molecule has 4 unspecified atom stereocenters. The molecule has 3 aliphatic rings. The van der Waals surface area contributed by atoms with E-state index in [0.29, 0.717) is 30.7 Å². The lowest BCUT2D eigenvalue weighted by Crippen LogP contribution is -2.65. The minimum Gasteiger partial charge on any atom is -0.508 e. The van der Waals surface area contributed by atoms with Crippen LogP contribution in [0.2, 0.25) is 0 Å². The lowest BCUT2D eigenvalue weighted by Gasteiger charge is -2.50. The van der Waals surface area contributed by atoms with Gasteiger partial charge in [-0.25, -0.2) is 0 Å². The SMILES string of the molecule is CCc1cc(CCCC(C)C)c(O)c2c1CC1CC3C(N(C)C)C(=O)C(C(N)=O)=C(O)C3(O)C(=O)C1=C2O. The summed E-state index contributed by atoms with van der Waals surface area (Å²) in [5, 5.41) is 45.4. The maximum atomic E-state index is 14.0. The first-order valence-electron chi connectivity index (χ1n) is 13.3. The van der Waals surface area contributed by atoms with Crippen LogP contribution in [0.15, 0.2) is 23.0 Å². The molecule has 206 valence electrons. The van der Waals surface area contributed by atoms with Gasteiger partial charge in [0.15, 0.2) is 11.4 Å². The Balaban J connectivity index is 1.91. The van der Waals surface area contributed by atoms with Gasteiger partial charge in [0.1, 0.15) is 22.8 Å². The number of aryl methyl sites for hydroxylation is 2. The minimum atomic E-state index is -2.62. The third kappa shape index (κ3) is 4.03. The Labute approximate surface area is 222 Å². The van der Waals surface area contributed by atoms with E-state index < -0.39 is 58.0 Å². The Bertz CT molecular complexity index is 1280. The molecule has 6 N–H and O–H groups in total. The number of phenolic OH excluding ortho intramolecular Hbond substituents is 1. The van der Waals surface area contributed by atoms with Gasteiger partial charge in [0.05, 0.1) is 11.6 Å². The van der Waals surface area contributed by atoms with E-state index in [1.807, 2.05) is 13.0 Å². The van der Waals surface area contributed by atoms with Crippen molar-refractivity contribution in [3.63, 3.8) is 0 Å². The number of fused-ring (bicyclic) bond motifs is 3. The van der Waals surface area contributed by atoms with E-state index >= 15 is 0 Å². The quantitative estimate of drug-likeness (QED) is 0.339. The first-order chi connectivity index (χ1) is 17.8. The number of nitrogens with zero attached hydrogens (tertiary/aromatic N) is 1. The zero-order valence-electron chi connectivity index (χ0n) is 22.7. The molecule has 0 bridgehead atoms. The third-order valence-electron chi connectivity index (χ3n) is 8.50. The van der Waals surface area contributed by atoms with Gasteiger partial charge in [0.25, 0.3) is 5.91 Å². The van der Waals surface area contributed by atoms with Gasteiger partial charge in [-0.15, -0.1) is 0 Å². The molecule has 0 saturated heterocycles. The Kier molecular flexibility index (Phi) is 7.22. The number of likely N-dealkylation sites (N-methyl/N-ethyl adjacent to an activating group) is 1. The highest BCUT2D eigenvalue weighted by molar-refractivity contribution is 6.24. The summed E-state index contributed by atoms with van der Waals surface area (Å²) in [5.41, 5.74) is 4.38. The van der Waals surface area contributed by atoms with Gasteiger partial charge in [0.2, 0.25) is 5.78 Å². The Morgan fingerprint density at radius 2 is 1.84 bits per heavy atom. The van der Waals surface area contributed by atoms with Crippen molar-refractivity contribution in [2.45, 2.75) is 70.9 Å². The van der Waals surface area contributed by atoms with Crippen molar-refractivity contribution < 1.29 is 34.8 Å². The number of nitrogens with two attached hydrogens (primary N) is 1. The van der Waals surface area contributed by atoms with Gasteiger partial charge in [-0.3, -0.25) is 19.3 Å². The van der Waals surface area contributed by atoms with Crippen molar-refractivity contribution in [1.82, 2.24) is 4.90 Å². The first-order valence-corrected chi connectivity index (χ1v) is 13.3. The number of primary amides is 1. The van der Waals surface area contributed by atoms with Crippen molar-refractivity contribution in [3.8, 4) is 5.75 Å². The molecule has 3 aliphatic carbocycles. The van der Waals surface area contributed by atoms with Crippen molar-refractivity contribution in [1.29, 1.82) is 0 Å². The van der Waals surface area contributed by atoms with E-state index in [4.69, 9.17) is 5.73 Å². The van der Waals surface area contributed by atoms with Crippen LogP contribution in [0.25, 0.3) is 5.76 Å². The first kappa shape index (κ1) is 27.9. The highest BCUT2D eigenvalue weighted by Crippen LogP contribution is 2.53. The second kappa shape index (κ2) is 9.85. The maximum absolute atomic E-state index is 14.0. The number of carbonyl (C=O) groups excluding carboxylic acids is 3. The number of aromatic hydroxyl groups is 1. The van der Waals surface area contributed by atoms with Crippen molar-refractivity contribution >= 4 is 23.2 Å². The zero-order chi connectivity index (χ0) is 28.3. The van der Waals surface area contributed by atoms with E-state index in [1.165, 1.54) is 4.90 Å². The van der Waals surface area contributed by atoms with Gasteiger partial charge in [-0.2, -0.15) is 0 Å². The van der Waals surface area contributed by atoms with Crippen molar-refractivity contribution in [2.75, 3.05) is 14.1 Å². The number of rotatable bonds is 7. The van der Waals surface area contributed by atoms with E-state index in [-0.39, 0.29) is 23.3 Å². The van der Waals surface area contributed by atoms with Crippen LogP contribution in [0.3, 0.4) is 0 Å². The molecule has 0 spiro atoms. The molecule has 0 aliphatic heterocycles. The van der Waals surface area contributed by atoms with Crippen LogP contribution in [0.1, 0.15) is 62.3 Å². The van der Waals surface area contributed by atoms with Crippen molar-refractivity contribution in [2.24, 2.45) is 23.5 Å². The van der Waals surface area contributed by atoms with Crippen LogP contribution in [0, 0.1) is 17.8 Å². The summed E-state index contributed by atoms with van der Waals surface area (Å²) in [5.74, 6) is -5.71. The number of amides is 1. The Hall–Kier alpha value is -3.17. The lowest BCUT2D eigenvalue weighted by molar-refractivity contribution is -0.153. The fraction of sp³-hybridized carbons (Fsp3) is 0.552. The molecule has 1 amide bonds. The van der Waals surface area contributed by atoms with Gasteiger partial charge in [-0.1, -0.05) is 33.3 Å². The van der Waals surface area contributed by atoms with Crippen LogP contribution < -0.4 is 5.73 Å². The van der Waals surface area contributed by atoms with E-state index in [9.17, 15) is 34.8 Å². The van der Waals surface area contributed by atoms with Gasteiger partial charge >= 0.3 is 0 Å². The smallest absolute Gasteiger partial charge is 0.255 e. The second-order valence-electron chi connectivity index (χ2n) is 11.5. The summed E-state index contributed by atoms with van der Waals surface area (Å²) in [6, 6.07) is 0.878. The average molecular weight is 527 g/mol. The highest BCUT2D eigenvalue weighted by Gasteiger charge is 2.64. The summed E-state index contributed by atoms with van der Waals surface area (Å²) in [7, 11) is 3.17. The van der Waals surface area contributed by atoms with E-state index in [1.54, 1.807) is 14.1 Å². The zero-order valence-corrected chi connectivity index (χ0v) is 22.7.